The highest BCUT2D eigenvalue weighted by Gasteiger charge is 2.24. The zero-order chi connectivity index (χ0) is 24.9. The van der Waals surface area contributed by atoms with Crippen molar-refractivity contribution in [2.24, 2.45) is 0 Å². The lowest BCUT2D eigenvalue weighted by Gasteiger charge is -2.23. The molecule has 1 saturated heterocycles. The van der Waals surface area contributed by atoms with E-state index in [-0.39, 0.29) is 5.78 Å². The molecule has 3 aromatic rings. The molecular weight excluding hydrogens is 446 g/mol. The lowest BCUT2D eigenvalue weighted by molar-refractivity contribution is -0.905. The summed E-state index contributed by atoms with van der Waals surface area (Å²) in [7, 11) is 3.30. The van der Waals surface area contributed by atoms with Crippen molar-refractivity contribution in [3.8, 4) is 22.6 Å². The van der Waals surface area contributed by atoms with Crippen molar-refractivity contribution in [3.63, 3.8) is 0 Å². The SMILES string of the molecule is COc1ccc(/C=C2/c3ccccc3-c3ccc(C(=O)CCCC[NH+]4CCCCC4)cc32)cc1OC. The molecule has 0 spiro atoms. The first-order chi connectivity index (χ1) is 17.7. The smallest absolute Gasteiger partial charge is 0.162 e. The van der Waals surface area contributed by atoms with E-state index >= 15 is 0 Å². The number of hydrogen-bond acceptors (Lipinski definition) is 3. The number of unbranched alkanes of at least 4 members (excludes halogenated alkanes) is 1. The van der Waals surface area contributed by atoms with E-state index in [1.165, 1.54) is 55.6 Å². The molecule has 0 amide bonds. The molecule has 1 aliphatic heterocycles. The number of piperidine rings is 1. The van der Waals surface area contributed by atoms with E-state index < -0.39 is 0 Å². The molecule has 2 aliphatic rings. The molecule has 4 nitrogen and oxygen atoms in total. The first kappa shape index (κ1) is 24.3. The molecule has 0 saturated carbocycles. The van der Waals surface area contributed by atoms with Crippen molar-refractivity contribution in [2.75, 3.05) is 33.9 Å². The Morgan fingerprint density at radius 2 is 1.56 bits per heavy atom. The quantitative estimate of drug-likeness (QED) is 0.246. The van der Waals surface area contributed by atoms with Crippen molar-refractivity contribution in [1.82, 2.24) is 0 Å². The number of rotatable bonds is 9. The van der Waals surface area contributed by atoms with Gasteiger partial charge in [0.2, 0.25) is 0 Å². The van der Waals surface area contributed by atoms with Gasteiger partial charge in [0.15, 0.2) is 17.3 Å². The molecule has 186 valence electrons. The lowest BCUT2D eigenvalue weighted by atomic mass is 9.96. The average molecular weight is 483 g/mol. The van der Waals surface area contributed by atoms with Gasteiger partial charge in [-0.05, 0) is 89.8 Å². The summed E-state index contributed by atoms with van der Waals surface area (Å²) in [6.45, 7) is 3.80. The van der Waals surface area contributed by atoms with Crippen LogP contribution in [0.1, 0.15) is 65.6 Å². The zero-order valence-electron chi connectivity index (χ0n) is 21.4. The molecule has 0 aromatic heterocycles. The summed E-state index contributed by atoms with van der Waals surface area (Å²) in [5.74, 6) is 1.66. The Morgan fingerprint density at radius 1 is 0.806 bits per heavy atom. The Kier molecular flexibility index (Phi) is 7.52. The number of likely N-dealkylation sites (tertiary alicyclic amines) is 1. The Hall–Kier alpha value is -3.37. The molecule has 1 aliphatic carbocycles. The first-order valence-corrected chi connectivity index (χ1v) is 13.2. The molecule has 0 atom stereocenters. The van der Waals surface area contributed by atoms with Crippen molar-refractivity contribution in [3.05, 3.63) is 82.9 Å². The number of carbonyl (C=O) groups excluding carboxylic acids is 1. The fourth-order valence-electron chi connectivity index (χ4n) is 5.64. The van der Waals surface area contributed by atoms with Crippen molar-refractivity contribution in [2.45, 2.75) is 38.5 Å². The molecule has 0 bridgehead atoms. The predicted molar refractivity (Wildman–Crippen MR) is 146 cm³/mol. The summed E-state index contributed by atoms with van der Waals surface area (Å²) in [5.41, 5.74) is 7.68. The Morgan fingerprint density at radius 3 is 2.33 bits per heavy atom. The van der Waals surface area contributed by atoms with E-state index in [9.17, 15) is 4.79 Å². The predicted octanol–water partition coefficient (Wildman–Crippen LogP) is 5.69. The van der Waals surface area contributed by atoms with Crippen LogP contribution in [-0.4, -0.2) is 39.6 Å². The summed E-state index contributed by atoms with van der Waals surface area (Å²) in [4.78, 5) is 14.8. The van der Waals surface area contributed by atoms with Gasteiger partial charge in [-0.25, -0.2) is 0 Å². The highest BCUT2D eigenvalue weighted by Crippen LogP contribution is 2.45. The standard InChI is InChI=1S/C32H35NO3/c1-35-31-16-13-23(21-32(31)36-2)20-28-26-11-5-4-10-25(26)27-15-14-24(22-29(27)28)30(34)12-6-9-19-33-17-7-3-8-18-33/h4-5,10-11,13-16,20-22H,3,6-9,12,17-19H2,1-2H3/p+1/b28-20-. The molecule has 0 radical (unpaired) electrons. The zero-order valence-corrected chi connectivity index (χ0v) is 21.4. The maximum atomic E-state index is 13.1. The van der Waals surface area contributed by atoms with Crippen LogP contribution in [0.3, 0.4) is 0 Å². The number of carbonyl (C=O) groups is 1. The Bertz CT molecular complexity index is 1270. The fraction of sp³-hybridized carbons (Fsp3) is 0.344. The number of ketones is 1. The van der Waals surface area contributed by atoms with Crippen LogP contribution in [0, 0.1) is 0 Å². The number of nitrogens with one attached hydrogen (secondary N) is 1. The van der Waals surface area contributed by atoms with E-state index in [1.54, 1.807) is 19.1 Å². The van der Waals surface area contributed by atoms with E-state index in [0.29, 0.717) is 17.9 Å². The largest absolute Gasteiger partial charge is 0.493 e. The van der Waals surface area contributed by atoms with Gasteiger partial charge in [0.1, 0.15) is 0 Å². The number of ether oxygens (including phenoxy) is 2. The molecular formula is C32H36NO3+. The summed E-state index contributed by atoms with van der Waals surface area (Å²) in [6, 6.07) is 20.6. The van der Waals surface area contributed by atoms with Crippen molar-refractivity contribution in [1.29, 1.82) is 0 Å². The minimum Gasteiger partial charge on any atom is -0.493 e. The van der Waals surface area contributed by atoms with Crippen molar-refractivity contribution >= 4 is 17.4 Å². The third kappa shape index (κ3) is 5.10. The minimum atomic E-state index is 0.243. The van der Waals surface area contributed by atoms with Crippen LogP contribution in [0.15, 0.2) is 60.7 Å². The van der Waals surface area contributed by atoms with Gasteiger partial charge < -0.3 is 14.4 Å². The minimum absolute atomic E-state index is 0.243. The second kappa shape index (κ2) is 11.1. The number of benzene rings is 3. The van der Waals surface area contributed by atoms with Crippen LogP contribution in [-0.2, 0) is 0 Å². The maximum absolute atomic E-state index is 13.1. The first-order valence-electron chi connectivity index (χ1n) is 13.2. The molecule has 1 heterocycles. The van der Waals surface area contributed by atoms with Crippen LogP contribution < -0.4 is 14.4 Å². The van der Waals surface area contributed by atoms with Crippen LogP contribution in [0.4, 0.5) is 0 Å². The van der Waals surface area contributed by atoms with E-state index in [2.05, 4.69) is 42.5 Å². The molecule has 4 heteroatoms. The number of quaternary nitrogens is 1. The normalized spacial score (nSPS) is 16.0. The lowest BCUT2D eigenvalue weighted by Crippen LogP contribution is -3.12. The number of fused-ring (bicyclic) bond motifs is 3. The van der Waals surface area contributed by atoms with Gasteiger partial charge in [0.05, 0.1) is 33.9 Å². The van der Waals surface area contributed by atoms with E-state index in [0.717, 1.165) is 35.1 Å². The van der Waals surface area contributed by atoms with Gasteiger partial charge in [-0.15, -0.1) is 0 Å². The topological polar surface area (TPSA) is 40.0 Å². The Balaban J connectivity index is 1.38. The van der Waals surface area contributed by atoms with Crippen LogP contribution in [0.25, 0.3) is 22.8 Å². The number of methoxy groups -OCH3 is 2. The van der Waals surface area contributed by atoms with Gasteiger partial charge in [-0.3, -0.25) is 4.79 Å². The maximum Gasteiger partial charge on any atom is 0.162 e. The summed E-state index contributed by atoms with van der Waals surface area (Å²) in [5, 5.41) is 0. The molecule has 3 aromatic carbocycles. The number of hydrogen-bond donors (Lipinski definition) is 1. The second-order valence-corrected chi connectivity index (χ2v) is 9.92. The monoisotopic (exact) mass is 482 g/mol. The molecule has 0 unspecified atom stereocenters. The summed E-state index contributed by atoms with van der Waals surface area (Å²) >= 11 is 0. The molecule has 1 N–H and O–H groups in total. The molecule has 1 fully saturated rings. The summed E-state index contributed by atoms with van der Waals surface area (Å²) < 4.78 is 10.9. The van der Waals surface area contributed by atoms with Gasteiger partial charge in [0.25, 0.3) is 0 Å². The summed E-state index contributed by atoms with van der Waals surface area (Å²) in [6.07, 6.45) is 8.98. The highest BCUT2D eigenvalue weighted by molar-refractivity contribution is 6.08. The van der Waals surface area contributed by atoms with E-state index in [1.807, 2.05) is 24.3 Å². The number of Topliss-reactive ketones (excluding diaryl/α,β-unsaturated/α-hetero) is 1. The Labute approximate surface area is 214 Å². The van der Waals surface area contributed by atoms with Crippen molar-refractivity contribution < 1.29 is 19.2 Å². The average Bonchev–Trinajstić information content (AvgIpc) is 3.24. The molecule has 5 rings (SSSR count). The van der Waals surface area contributed by atoms with Gasteiger partial charge in [-0.1, -0.05) is 42.5 Å². The highest BCUT2D eigenvalue weighted by atomic mass is 16.5. The van der Waals surface area contributed by atoms with Gasteiger partial charge >= 0.3 is 0 Å². The second-order valence-electron chi connectivity index (χ2n) is 9.92. The van der Waals surface area contributed by atoms with E-state index in [4.69, 9.17) is 9.47 Å². The van der Waals surface area contributed by atoms with Gasteiger partial charge in [0, 0.05) is 12.0 Å². The van der Waals surface area contributed by atoms with Crippen LogP contribution in [0.2, 0.25) is 0 Å². The fourth-order valence-corrected chi connectivity index (χ4v) is 5.64. The third-order valence-electron chi connectivity index (χ3n) is 7.60. The van der Waals surface area contributed by atoms with Crippen LogP contribution in [0.5, 0.6) is 11.5 Å². The molecule has 36 heavy (non-hydrogen) atoms. The van der Waals surface area contributed by atoms with Crippen LogP contribution >= 0.6 is 0 Å². The van der Waals surface area contributed by atoms with Gasteiger partial charge in [-0.2, -0.15) is 0 Å². The third-order valence-corrected chi connectivity index (χ3v) is 7.60.